The molecule has 0 bridgehead atoms. The molecule has 2 aromatic heterocycles. The van der Waals surface area contributed by atoms with Crippen LogP contribution in [-0.4, -0.2) is 70.9 Å². The van der Waals surface area contributed by atoms with Crippen molar-refractivity contribution in [3.63, 3.8) is 0 Å². The standard InChI is InChI=1S/C24H32Cl2N6O3S/c1-15-11-19(25)30-22(26)21(15)23(34)28-7-3-16(2)31-8-4-18(5-9-31)29-24(35)32(13-20(27)33)12-17-6-10-36-14-17/h6,10-11,14,16,18H,3-5,7-9,12-13H2,1-2H3,(H2,27,33)(H,28,34)(H,29,35)/t16-/m1/s1. The third-order valence-electron chi connectivity index (χ3n) is 6.28. The molecule has 9 nitrogen and oxygen atoms in total. The Balaban J connectivity index is 1.42. The Bertz CT molecular complexity index is 1040. The number of amides is 4. The third-order valence-corrected chi connectivity index (χ3v) is 7.48. The molecule has 4 amide bonds. The number of rotatable bonds is 10. The SMILES string of the molecule is Cc1cc(Cl)nc(Cl)c1C(=O)NCC[C@@H](C)N1CCC(NC(=O)N(CC(N)=O)Cc2ccsc2)CC1. The highest BCUT2D eigenvalue weighted by Gasteiger charge is 2.26. The number of urea groups is 1. The van der Waals surface area contributed by atoms with Crippen molar-refractivity contribution in [2.75, 3.05) is 26.2 Å². The maximum absolute atomic E-state index is 12.8. The Morgan fingerprint density at radius 1 is 1.31 bits per heavy atom. The number of nitrogens with two attached hydrogens (primary N) is 1. The van der Waals surface area contributed by atoms with Gasteiger partial charge >= 0.3 is 6.03 Å². The molecule has 1 aliphatic heterocycles. The molecule has 3 heterocycles. The van der Waals surface area contributed by atoms with E-state index in [0.717, 1.165) is 37.9 Å². The fourth-order valence-electron chi connectivity index (χ4n) is 4.27. The monoisotopic (exact) mass is 554 g/mol. The molecular weight excluding hydrogens is 523 g/mol. The van der Waals surface area contributed by atoms with Gasteiger partial charge in [-0.1, -0.05) is 23.2 Å². The van der Waals surface area contributed by atoms with Gasteiger partial charge in [-0.05, 0) is 67.1 Å². The Morgan fingerprint density at radius 2 is 2.03 bits per heavy atom. The molecule has 0 unspecified atom stereocenters. The molecule has 0 spiro atoms. The summed E-state index contributed by atoms with van der Waals surface area (Å²) >= 11 is 13.5. The van der Waals surface area contributed by atoms with Crippen LogP contribution >= 0.6 is 34.5 Å². The first-order chi connectivity index (χ1) is 17.1. The van der Waals surface area contributed by atoms with Crippen molar-refractivity contribution in [3.05, 3.63) is 49.9 Å². The van der Waals surface area contributed by atoms with Crippen LogP contribution in [0, 0.1) is 6.92 Å². The first-order valence-electron chi connectivity index (χ1n) is 11.8. The number of piperidine rings is 1. The van der Waals surface area contributed by atoms with E-state index in [1.807, 2.05) is 16.8 Å². The lowest BCUT2D eigenvalue weighted by Gasteiger charge is -2.37. The summed E-state index contributed by atoms with van der Waals surface area (Å²) in [6.45, 7) is 6.27. The van der Waals surface area contributed by atoms with E-state index in [2.05, 4.69) is 27.4 Å². The van der Waals surface area contributed by atoms with E-state index in [0.29, 0.717) is 24.2 Å². The Kier molecular flexibility index (Phi) is 10.4. The lowest BCUT2D eigenvalue weighted by molar-refractivity contribution is -0.118. The van der Waals surface area contributed by atoms with Gasteiger partial charge in [0.05, 0.1) is 5.56 Å². The molecule has 1 aliphatic rings. The van der Waals surface area contributed by atoms with Crippen molar-refractivity contribution in [2.24, 2.45) is 5.73 Å². The van der Waals surface area contributed by atoms with Crippen molar-refractivity contribution < 1.29 is 14.4 Å². The van der Waals surface area contributed by atoms with Gasteiger partial charge in [0.2, 0.25) is 5.91 Å². The van der Waals surface area contributed by atoms with Crippen LogP contribution in [0.3, 0.4) is 0 Å². The molecule has 0 aliphatic carbocycles. The number of likely N-dealkylation sites (tertiary alicyclic amines) is 1. The number of pyridine rings is 1. The van der Waals surface area contributed by atoms with E-state index in [9.17, 15) is 14.4 Å². The summed E-state index contributed by atoms with van der Waals surface area (Å²) in [5.74, 6) is -0.806. The van der Waals surface area contributed by atoms with Crippen molar-refractivity contribution >= 4 is 52.4 Å². The zero-order chi connectivity index (χ0) is 26.2. The zero-order valence-electron chi connectivity index (χ0n) is 20.4. The van der Waals surface area contributed by atoms with Gasteiger partial charge in [0.25, 0.3) is 5.91 Å². The number of hydrogen-bond donors (Lipinski definition) is 3. The molecule has 12 heteroatoms. The summed E-state index contributed by atoms with van der Waals surface area (Å²) in [4.78, 5) is 44.6. The smallest absolute Gasteiger partial charge is 0.318 e. The van der Waals surface area contributed by atoms with Crippen LogP contribution in [0.25, 0.3) is 0 Å². The summed E-state index contributed by atoms with van der Waals surface area (Å²) in [6, 6.07) is 3.55. The van der Waals surface area contributed by atoms with E-state index < -0.39 is 5.91 Å². The number of aryl methyl sites for hydroxylation is 1. The van der Waals surface area contributed by atoms with E-state index >= 15 is 0 Å². The summed E-state index contributed by atoms with van der Waals surface area (Å²) in [5, 5.41) is 10.2. The number of carbonyl (C=O) groups excluding carboxylic acids is 3. The van der Waals surface area contributed by atoms with Crippen molar-refractivity contribution in [1.29, 1.82) is 0 Å². The topological polar surface area (TPSA) is 121 Å². The number of aromatic nitrogens is 1. The summed E-state index contributed by atoms with van der Waals surface area (Å²) < 4.78 is 0. The first kappa shape index (κ1) is 28.2. The highest BCUT2D eigenvalue weighted by molar-refractivity contribution is 7.07. The molecule has 0 saturated carbocycles. The maximum atomic E-state index is 12.8. The molecule has 1 fully saturated rings. The van der Waals surface area contributed by atoms with Crippen LogP contribution < -0.4 is 16.4 Å². The minimum Gasteiger partial charge on any atom is -0.368 e. The predicted octanol–water partition coefficient (Wildman–Crippen LogP) is 3.43. The van der Waals surface area contributed by atoms with Gasteiger partial charge in [0.15, 0.2) is 0 Å². The van der Waals surface area contributed by atoms with Gasteiger partial charge in [-0.3, -0.25) is 9.59 Å². The normalized spacial score (nSPS) is 15.3. The van der Waals surface area contributed by atoms with Crippen LogP contribution in [0.5, 0.6) is 0 Å². The molecular formula is C24H32Cl2N6O3S. The third kappa shape index (κ3) is 8.06. The highest BCUT2D eigenvalue weighted by atomic mass is 35.5. The van der Waals surface area contributed by atoms with Gasteiger partial charge in [-0.25, -0.2) is 9.78 Å². The van der Waals surface area contributed by atoms with Gasteiger partial charge in [-0.2, -0.15) is 11.3 Å². The van der Waals surface area contributed by atoms with Crippen LogP contribution in [0.4, 0.5) is 4.79 Å². The second kappa shape index (κ2) is 13.2. The molecule has 2 aromatic rings. The lowest BCUT2D eigenvalue weighted by atomic mass is 10.0. The second-order valence-electron chi connectivity index (χ2n) is 9.03. The van der Waals surface area contributed by atoms with E-state index in [1.54, 1.807) is 24.3 Å². The van der Waals surface area contributed by atoms with Crippen LogP contribution in [0.2, 0.25) is 10.3 Å². The fourth-order valence-corrected chi connectivity index (χ4v) is 5.55. The largest absolute Gasteiger partial charge is 0.368 e. The number of thiophene rings is 1. The first-order valence-corrected chi connectivity index (χ1v) is 13.5. The number of nitrogens with zero attached hydrogens (tertiary/aromatic N) is 3. The van der Waals surface area contributed by atoms with Gasteiger partial charge in [-0.15, -0.1) is 0 Å². The van der Waals surface area contributed by atoms with Gasteiger partial charge < -0.3 is 26.2 Å². The quantitative estimate of drug-likeness (QED) is 0.388. The van der Waals surface area contributed by atoms with Crippen LogP contribution in [0.1, 0.15) is 47.7 Å². The maximum Gasteiger partial charge on any atom is 0.318 e. The number of nitrogens with one attached hydrogen (secondary N) is 2. The Morgan fingerprint density at radius 3 is 2.64 bits per heavy atom. The van der Waals surface area contributed by atoms with Crippen LogP contribution in [-0.2, 0) is 11.3 Å². The van der Waals surface area contributed by atoms with Crippen LogP contribution in [0.15, 0.2) is 22.9 Å². The molecule has 0 aromatic carbocycles. The van der Waals surface area contributed by atoms with E-state index in [-0.39, 0.29) is 40.9 Å². The molecule has 36 heavy (non-hydrogen) atoms. The van der Waals surface area contributed by atoms with Crippen molar-refractivity contribution in [2.45, 2.75) is 51.7 Å². The predicted molar refractivity (Wildman–Crippen MR) is 142 cm³/mol. The molecule has 1 saturated heterocycles. The number of primary amides is 1. The number of carbonyl (C=O) groups is 3. The summed E-state index contributed by atoms with van der Waals surface area (Å²) in [5.41, 5.74) is 7.34. The minimum atomic E-state index is -0.541. The van der Waals surface area contributed by atoms with E-state index in [4.69, 9.17) is 28.9 Å². The molecule has 196 valence electrons. The van der Waals surface area contributed by atoms with Crippen molar-refractivity contribution in [1.82, 2.24) is 25.4 Å². The zero-order valence-corrected chi connectivity index (χ0v) is 22.8. The Hall–Kier alpha value is -2.40. The average molecular weight is 556 g/mol. The molecule has 3 rings (SSSR count). The highest BCUT2D eigenvalue weighted by Crippen LogP contribution is 2.21. The molecule has 4 N–H and O–H groups in total. The number of halogens is 2. The van der Waals surface area contributed by atoms with E-state index in [1.165, 1.54) is 4.90 Å². The van der Waals surface area contributed by atoms with Gasteiger partial charge in [0, 0.05) is 38.3 Å². The molecule has 1 atom stereocenters. The van der Waals surface area contributed by atoms with Crippen molar-refractivity contribution in [3.8, 4) is 0 Å². The second-order valence-corrected chi connectivity index (χ2v) is 10.6. The summed E-state index contributed by atoms with van der Waals surface area (Å²) in [7, 11) is 0. The Labute approximate surface area is 225 Å². The average Bonchev–Trinajstić information content (AvgIpc) is 3.31. The fraction of sp³-hybridized carbons (Fsp3) is 0.500. The molecule has 0 radical (unpaired) electrons. The lowest BCUT2D eigenvalue weighted by Crippen LogP contribution is -2.51. The summed E-state index contributed by atoms with van der Waals surface area (Å²) in [6.07, 6.45) is 2.38. The minimum absolute atomic E-state index is 0.0287. The number of hydrogen-bond acceptors (Lipinski definition) is 6. The van der Waals surface area contributed by atoms with Gasteiger partial charge in [0.1, 0.15) is 16.9 Å².